The van der Waals surface area contributed by atoms with Gasteiger partial charge in [-0.3, -0.25) is 4.79 Å². The van der Waals surface area contributed by atoms with Gasteiger partial charge in [0.2, 0.25) is 0 Å². The highest BCUT2D eigenvalue weighted by Crippen LogP contribution is 2.48. The minimum absolute atomic E-state index is 0.185. The van der Waals surface area contributed by atoms with E-state index < -0.39 is 0 Å². The van der Waals surface area contributed by atoms with Crippen molar-refractivity contribution in [3.05, 3.63) is 11.8 Å². The van der Waals surface area contributed by atoms with Crippen molar-refractivity contribution in [2.75, 3.05) is 13.2 Å². The Morgan fingerprint density at radius 3 is 2.88 bits per heavy atom. The fraction of sp³-hybridized carbons (Fsp3) is 0.750. The maximum Gasteiger partial charge on any atom is 0.307 e. The second-order valence-electron chi connectivity index (χ2n) is 4.68. The number of carbonyl (C=O) groups is 1. The van der Waals surface area contributed by atoms with Crippen LogP contribution in [0.4, 0.5) is 0 Å². The number of ether oxygens (including phenoxy) is 3. The van der Waals surface area contributed by atoms with E-state index in [1.54, 1.807) is 0 Å². The second-order valence-corrected chi connectivity index (χ2v) is 4.68. The molecule has 0 radical (unpaired) electrons. The second kappa shape index (κ2) is 3.86. The van der Waals surface area contributed by atoms with Gasteiger partial charge >= 0.3 is 5.97 Å². The summed E-state index contributed by atoms with van der Waals surface area (Å²) in [5.41, 5.74) is 0. The smallest absolute Gasteiger partial charge is 0.307 e. The van der Waals surface area contributed by atoms with Crippen LogP contribution in [-0.2, 0) is 19.0 Å². The molecular formula is C12H16O4. The maximum absolute atomic E-state index is 10.9. The van der Waals surface area contributed by atoms with E-state index in [0.717, 1.165) is 18.6 Å². The number of fused-ring (bicyclic) bond motifs is 4. The van der Waals surface area contributed by atoms with Gasteiger partial charge in [-0.05, 0) is 18.4 Å². The van der Waals surface area contributed by atoms with Gasteiger partial charge in [-0.1, -0.05) is 0 Å². The van der Waals surface area contributed by atoms with Gasteiger partial charge in [-0.25, -0.2) is 0 Å². The SMILES string of the molecule is CC(=O)OC1=CC2C(CC1)C1OCCOC21. The molecule has 4 unspecified atom stereocenters. The molecule has 88 valence electrons. The summed E-state index contributed by atoms with van der Waals surface area (Å²) in [4.78, 5) is 10.9. The highest BCUT2D eigenvalue weighted by Gasteiger charge is 2.53. The van der Waals surface area contributed by atoms with Crippen LogP contribution in [0.2, 0.25) is 0 Å². The lowest BCUT2D eigenvalue weighted by Gasteiger charge is -2.54. The molecule has 4 atom stereocenters. The Kier molecular flexibility index (Phi) is 2.48. The van der Waals surface area contributed by atoms with Crippen molar-refractivity contribution >= 4 is 5.97 Å². The molecule has 2 aliphatic carbocycles. The zero-order chi connectivity index (χ0) is 11.1. The molecule has 1 saturated carbocycles. The molecule has 3 rings (SSSR count). The predicted octanol–water partition coefficient (Wildman–Crippen LogP) is 1.26. The summed E-state index contributed by atoms with van der Waals surface area (Å²) in [5, 5.41) is 0. The molecule has 1 aliphatic heterocycles. The van der Waals surface area contributed by atoms with Crippen LogP contribution in [-0.4, -0.2) is 31.4 Å². The van der Waals surface area contributed by atoms with Crippen LogP contribution in [0.5, 0.6) is 0 Å². The first-order valence-electron chi connectivity index (χ1n) is 5.88. The van der Waals surface area contributed by atoms with Crippen LogP contribution in [0.3, 0.4) is 0 Å². The fourth-order valence-electron chi connectivity index (χ4n) is 3.02. The molecular weight excluding hydrogens is 208 g/mol. The summed E-state index contributed by atoms with van der Waals surface area (Å²) < 4.78 is 16.5. The van der Waals surface area contributed by atoms with Crippen LogP contribution in [0.25, 0.3) is 0 Å². The molecule has 0 amide bonds. The molecule has 16 heavy (non-hydrogen) atoms. The van der Waals surface area contributed by atoms with Crippen molar-refractivity contribution in [3.8, 4) is 0 Å². The number of carbonyl (C=O) groups excluding carboxylic acids is 1. The lowest BCUT2D eigenvalue weighted by atomic mass is 9.63. The van der Waals surface area contributed by atoms with E-state index >= 15 is 0 Å². The first-order valence-corrected chi connectivity index (χ1v) is 5.88. The van der Waals surface area contributed by atoms with E-state index in [0.29, 0.717) is 25.0 Å². The largest absolute Gasteiger partial charge is 0.432 e. The third kappa shape index (κ3) is 1.57. The lowest BCUT2D eigenvalue weighted by Crippen LogP contribution is -2.61. The summed E-state index contributed by atoms with van der Waals surface area (Å²) in [6, 6.07) is 0. The molecule has 4 heteroatoms. The zero-order valence-corrected chi connectivity index (χ0v) is 9.35. The summed E-state index contributed by atoms with van der Waals surface area (Å²) in [7, 11) is 0. The Morgan fingerprint density at radius 1 is 1.38 bits per heavy atom. The zero-order valence-electron chi connectivity index (χ0n) is 9.35. The molecule has 0 spiro atoms. The Morgan fingerprint density at radius 2 is 2.12 bits per heavy atom. The topological polar surface area (TPSA) is 44.8 Å². The summed E-state index contributed by atoms with van der Waals surface area (Å²) >= 11 is 0. The molecule has 1 saturated heterocycles. The van der Waals surface area contributed by atoms with Crippen molar-refractivity contribution < 1.29 is 19.0 Å². The van der Waals surface area contributed by atoms with Crippen LogP contribution < -0.4 is 0 Å². The third-order valence-corrected chi connectivity index (χ3v) is 3.70. The standard InChI is InChI=1S/C12H16O4/c1-7(13)16-8-2-3-9-10(6-8)12-11(9)14-4-5-15-12/h6,9-12H,2-5H2,1H3. The molecule has 1 heterocycles. The van der Waals surface area contributed by atoms with Gasteiger partial charge in [0.25, 0.3) is 0 Å². The highest BCUT2D eigenvalue weighted by atomic mass is 16.6. The van der Waals surface area contributed by atoms with Crippen molar-refractivity contribution in [2.45, 2.75) is 32.0 Å². The van der Waals surface area contributed by atoms with E-state index in [4.69, 9.17) is 14.2 Å². The van der Waals surface area contributed by atoms with Crippen molar-refractivity contribution in [3.63, 3.8) is 0 Å². The van der Waals surface area contributed by atoms with Crippen LogP contribution in [0.15, 0.2) is 11.8 Å². The number of rotatable bonds is 1. The number of hydrogen-bond acceptors (Lipinski definition) is 4. The maximum atomic E-state index is 10.9. The lowest BCUT2D eigenvalue weighted by molar-refractivity contribution is -0.242. The van der Waals surface area contributed by atoms with Crippen molar-refractivity contribution in [2.24, 2.45) is 11.8 Å². The van der Waals surface area contributed by atoms with Gasteiger partial charge in [0, 0.05) is 19.3 Å². The number of esters is 1. The molecule has 0 aromatic heterocycles. The summed E-state index contributed by atoms with van der Waals surface area (Å²) in [5.74, 6) is 1.51. The molecule has 4 nitrogen and oxygen atoms in total. The Balaban J connectivity index is 1.71. The molecule has 0 bridgehead atoms. The molecule has 0 aromatic carbocycles. The number of allylic oxidation sites excluding steroid dienone is 1. The summed E-state index contributed by atoms with van der Waals surface area (Å²) in [6.07, 6.45) is 4.39. The Labute approximate surface area is 94.5 Å². The highest BCUT2D eigenvalue weighted by molar-refractivity contribution is 5.67. The van der Waals surface area contributed by atoms with Crippen molar-refractivity contribution in [1.82, 2.24) is 0 Å². The van der Waals surface area contributed by atoms with Gasteiger partial charge < -0.3 is 14.2 Å². The van der Waals surface area contributed by atoms with E-state index in [2.05, 4.69) is 6.08 Å². The van der Waals surface area contributed by atoms with Gasteiger partial charge in [0.05, 0.1) is 25.4 Å². The van der Waals surface area contributed by atoms with Gasteiger partial charge in [-0.2, -0.15) is 0 Å². The molecule has 0 N–H and O–H groups in total. The number of hydrogen-bond donors (Lipinski definition) is 0. The van der Waals surface area contributed by atoms with Crippen molar-refractivity contribution in [1.29, 1.82) is 0 Å². The van der Waals surface area contributed by atoms with Gasteiger partial charge in [-0.15, -0.1) is 0 Å². The predicted molar refractivity (Wildman–Crippen MR) is 55.5 cm³/mol. The van der Waals surface area contributed by atoms with Crippen LogP contribution in [0.1, 0.15) is 19.8 Å². The van der Waals surface area contributed by atoms with E-state index in [1.165, 1.54) is 6.92 Å². The van der Waals surface area contributed by atoms with E-state index in [9.17, 15) is 4.79 Å². The van der Waals surface area contributed by atoms with Crippen LogP contribution >= 0.6 is 0 Å². The average molecular weight is 224 g/mol. The average Bonchev–Trinajstić information content (AvgIpc) is 2.26. The molecule has 0 aromatic rings. The molecule has 2 fully saturated rings. The van der Waals surface area contributed by atoms with E-state index in [-0.39, 0.29) is 18.2 Å². The Hall–Kier alpha value is -0.870. The van der Waals surface area contributed by atoms with Gasteiger partial charge in [0.15, 0.2) is 0 Å². The Bertz CT molecular complexity index is 336. The molecule has 3 aliphatic rings. The monoisotopic (exact) mass is 224 g/mol. The normalized spacial score (nSPS) is 41.2. The van der Waals surface area contributed by atoms with Crippen LogP contribution in [0, 0.1) is 11.8 Å². The minimum Gasteiger partial charge on any atom is -0.432 e. The first kappa shape index (κ1) is 10.3. The van der Waals surface area contributed by atoms with E-state index in [1.807, 2.05) is 0 Å². The quantitative estimate of drug-likeness (QED) is 0.629. The first-order chi connectivity index (χ1) is 7.75. The summed E-state index contributed by atoms with van der Waals surface area (Å²) in [6.45, 7) is 2.84. The van der Waals surface area contributed by atoms with Gasteiger partial charge in [0.1, 0.15) is 5.76 Å². The third-order valence-electron chi connectivity index (χ3n) is 3.70. The minimum atomic E-state index is -0.235. The fourth-order valence-corrected chi connectivity index (χ4v) is 3.02.